The Morgan fingerprint density at radius 1 is 1.25 bits per heavy atom. The molecule has 0 fully saturated rings. The van der Waals surface area contributed by atoms with Gasteiger partial charge >= 0.3 is 0 Å². The number of aromatic nitrogens is 1. The summed E-state index contributed by atoms with van der Waals surface area (Å²) in [6.07, 6.45) is 0.952. The van der Waals surface area contributed by atoms with Crippen LogP contribution < -0.4 is 10.6 Å². The number of nitrogens with zero attached hydrogens (tertiary/aromatic N) is 2. The van der Waals surface area contributed by atoms with Crippen LogP contribution in [-0.4, -0.2) is 18.1 Å². The van der Waals surface area contributed by atoms with E-state index in [2.05, 4.69) is 42.8 Å². The highest BCUT2D eigenvalue weighted by Gasteiger charge is 2.10. The largest absolute Gasteiger partial charge is 0.357 e. The van der Waals surface area contributed by atoms with Gasteiger partial charge < -0.3 is 10.6 Å². The lowest BCUT2D eigenvalue weighted by molar-refractivity contribution is 0.687. The Hall–Kier alpha value is -1.09. The maximum absolute atomic E-state index is 6.03. The number of nitrogens with two attached hydrogens (primary N) is 1. The summed E-state index contributed by atoms with van der Waals surface area (Å²) in [6.45, 7) is 10.4. The minimum absolute atomic E-state index is 0.109. The first-order chi connectivity index (χ1) is 7.63. The standard InChI is InChI=1S/C13H23N3/c1-5-12(14)11-8-9-13(15-10(11)4)16(6-2)7-3/h8-9,12H,5-7,14H2,1-4H3. The molecule has 0 saturated heterocycles. The lowest BCUT2D eigenvalue weighted by atomic mass is 10.0. The molecule has 0 bridgehead atoms. The Kier molecular flexibility index (Phi) is 4.74. The first-order valence-electron chi connectivity index (χ1n) is 6.12. The lowest BCUT2D eigenvalue weighted by Gasteiger charge is -2.21. The summed E-state index contributed by atoms with van der Waals surface area (Å²) in [6, 6.07) is 4.30. The molecule has 2 N–H and O–H groups in total. The lowest BCUT2D eigenvalue weighted by Crippen LogP contribution is -2.23. The van der Waals surface area contributed by atoms with Crippen molar-refractivity contribution < 1.29 is 0 Å². The quantitative estimate of drug-likeness (QED) is 0.831. The number of anilines is 1. The highest BCUT2D eigenvalue weighted by atomic mass is 15.2. The monoisotopic (exact) mass is 221 g/mol. The van der Waals surface area contributed by atoms with Gasteiger partial charge in [0.15, 0.2) is 0 Å². The Bertz CT molecular complexity index is 332. The fourth-order valence-electron chi connectivity index (χ4n) is 1.89. The minimum Gasteiger partial charge on any atom is -0.357 e. The van der Waals surface area contributed by atoms with Crippen molar-refractivity contribution in [2.75, 3.05) is 18.0 Å². The van der Waals surface area contributed by atoms with Gasteiger partial charge in [-0.3, -0.25) is 0 Å². The van der Waals surface area contributed by atoms with Gasteiger partial charge in [0, 0.05) is 24.8 Å². The Morgan fingerprint density at radius 3 is 2.31 bits per heavy atom. The van der Waals surface area contributed by atoms with E-state index in [-0.39, 0.29) is 6.04 Å². The molecule has 0 aromatic carbocycles. The molecule has 3 nitrogen and oxygen atoms in total. The van der Waals surface area contributed by atoms with E-state index in [4.69, 9.17) is 5.73 Å². The number of hydrogen-bond donors (Lipinski definition) is 1. The predicted octanol–water partition coefficient (Wildman–Crippen LogP) is 2.65. The number of pyridine rings is 1. The first-order valence-corrected chi connectivity index (χ1v) is 6.12. The number of rotatable bonds is 5. The van der Waals surface area contributed by atoms with Gasteiger partial charge in [-0.05, 0) is 38.8 Å². The Morgan fingerprint density at radius 2 is 1.88 bits per heavy atom. The van der Waals surface area contributed by atoms with Gasteiger partial charge in [-0.25, -0.2) is 4.98 Å². The fraction of sp³-hybridized carbons (Fsp3) is 0.615. The molecule has 1 atom stereocenters. The highest BCUT2D eigenvalue weighted by Crippen LogP contribution is 2.20. The molecule has 16 heavy (non-hydrogen) atoms. The highest BCUT2D eigenvalue weighted by molar-refractivity contribution is 5.42. The summed E-state index contributed by atoms with van der Waals surface area (Å²) in [5, 5.41) is 0. The third kappa shape index (κ3) is 2.73. The van der Waals surface area contributed by atoms with Crippen LogP contribution in [0.1, 0.15) is 44.5 Å². The smallest absolute Gasteiger partial charge is 0.128 e. The van der Waals surface area contributed by atoms with E-state index >= 15 is 0 Å². The normalized spacial score (nSPS) is 12.6. The molecule has 0 spiro atoms. The second-order valence-electron chi connectivity index (χ2n) is 4.03. The molecule has 1 aromatic rings. The van der Waals surface area contributed by atoms with Crippen molar-refractivity contribution in [3.63, 3.8) is 0 Å². The summed E-state index contributed by atoms with van der Waals surface area (Å²) in [5.41, 5.74) is 8.25. The zero-order chi connectivity index (χ0) is 12.1. The average Bonchev–Trinajstić information content (AvgIpc) is 2.30. The van der Waals surface area contributed by atoms with E-state index < -0.39 is 0 Å². The predicted molar refractivity (Wildman–Crippen MR) is 69.8 cm³/mol. The van der Waals surface area contributed by atoms with Gasteiger partial charge in [-0.15, -0.1) is 0 Å². The first kappa shape index (κ1) is 13.0. The van der Waals surface area contributed by atoms with Crippen LogP contribution in [0.2, 0.25) is 0 Å². The molecule has 0 aliphatic carbocycles. The number of aryl methyl sites for hydroxylation is 1. The third-order valence-electron chi connectivity index (χ3n) is 3.04. The maximum atomic E-state index is 6.03. The van der Waals surface area contributed by atoms with E-state index in [0.29, 0.717) is 0 Å². The summed E-state index contributed by atoms with van der Waals surface area (Å²) in [4.78, 5) is 6.87. The zero-order valence-corrected chi connectivity index (χ0v) is 10.8. The molecule has 0 saturated carbocycles. The second kappa shape index (κ2) is 5.85. The second-order valence-corrected chi connectivity index (χ2v) is 4.03. The van der Waals surface area contributed by atoms with Gasteiger partial charge in [0.2, 0.25) is 0 Å². The van der Waals surface area contributed by atoms with Crippen LogP contribution in [-0.2, 0) is 0 Å². The van der Waals surface area contributed by atoms with Crippen molar-refractivity contribution >= 4 is 5.82 Å². The zero-order valence-electron chi connectivity index (χ0n) is 10.8. The molecule has 1 heterocycles. The van der Waals surface area contributed by atoms with Gasteiger partial charge in [0.05, 0.1) is 0 Å². The molecule has 1 unspecified atom stereocenters. The van der Waals surface area contributed by atoms with Crippen LogP contribution in [0.25, 0.3) is 0 Å². The van der Waals surface area contributed by atoms with Crippen LogP contribution >= 0.6 is 0 Å². The van der Waals surface area contributed by atoms with Crippen molar-refractivity contribution in [1.29, 1.82) is 0 Å². The van der Waals surface area contributed by atoms with Crippen LogP contribution in [0, 0.1) is 6.92 Å². The van der Waals surface area contributed by atoms with Crippen molar-refractivity contribution in [3.8, 4) is 0 Å². The fourth-order valence-corrected chi connectivity index (χ4v) is 1.89. The topological polar surface area (TPSA) is 42.1 Å². The van der Waals surface area contributed by atoms with Gasteiger partial charge in [-0.2, -0.15) is 0 Å². The molecule has 0 aliphatic rings. The van der Waals surface area contributed by atoms with E-state index in [1.165, 1.54) is 5.56 Å². The molecule has 90 valence electrons. The molecular formula is C13H23N3. The molecule has 0 radical (unpaired) electrons. The average molecular weight is 221 g/mol. The summed E-state index contributed by atoms with van der Waals surface area (Å²) >= 11 is 0. The molecule has 1 aromatic heterocycles. The maximum Gasteiger partial charge on any atom is 0.128 e. The van der Waals surface area contributed by atoms with E-state index in [1.807, 2.05) is 6.92 Å². The molecule has 1 rings (SSSR count). The van der Waals surface area contributed by atoms with Crippen LogP contribution in [0.3, 0.4) is 0 Å². The molecule has 0 amide bonds. The van der Waals surface area contributed by atoms with Crippen molar-refractivity contribution in [2.45, 2.75) is 40.2 Å². The van der Waals surface area contributed by atoms with Crippen LogP contribution in [0.5, 0.6) is 0 Å². The van der Waals surface area contributed by atoms with Crippen LogP contribution in [0.4, 0.5) is 5.82 Å². The Balaban J connectivity index is 2.98. The van der Waals surface area contributed by atoms with Crippen molar-refractivity contribution in [1.82, 2.24) is 4.98 Å². The van der Waals surface area contributed by atoms with E-state index in [0.717, 1.165) is 31.0 Å². The van der Waals surface area contributed by atoms with E-state index in [1.54, 1.807) is 0 Å². The van der Waals surface area contributed by atoms with Crippen LogP contribution in [0.15, 0.2) is 12.1 Å². The number of hydrogen-bond acceptors (Lipinski definition) is 3. The van der Waals surface area contributed by atoms with Crippen molar-refractivity contribution in [3.05, 3.63) is 23.4 Å². The summed E-state index contributed by atoms with van der Waals surface area (Å²) < 4.78 is 0. The van der Waals surface area contributed by atoms with E-state index in [9.17, 15) is 0 Å². The summed E-state index contributed by atoms with van der Waals surface area (Å²) in [7, 11) is 0. The van der Waals surface area contributed by atoms with Gasteiger partial charge in [-0.1, -0.05) is 13.0 Å². The SMILES string of the molecule is CCC(N)c1ccc(N(CC)CC)nc1C. The molecular weight excluding hydrogens is 198 g/mol. The van der Waals surface area contributed by atoms with Crippen molar-refractivity contribution in [2.24, 2.45) is 5.73 Å². The summed E-state index contributed by atoms with van der Waals surface area (Å²) in [5.74, 6) is 1.05. The molecule has 0 aliphatic heterocycles. The molecule has 3 heteroatoms. The Labute approximate surface area is 98.7 Å². The third-order valence-corrected chi connectivity index (χ3v) is 3.04. The van der Waals surface area contributed by atoms with Gasteiger partial charge in [0.25, 0.3) is 0 Å². The van der Waals surface area contributed by atoms with Gasteiger partial charge in [0.1, 0.15) is 5.82 Å². The minimum atomic E-state index is 0.109.